The molecule has 1 aromatic carbocycles. The number of hydrogen-bond acceptors (Lipinski definition) is 2. The highest BCUT2D eigenvalue weighted by Crippen LogP contribution is 2.11. The Morgan fingerprint density at radius 3 is 2.50 bits per heavy atom. The lowest BCUT2D eigenvalue weighted by Crippen LogP contribution is -2.14. The fourth-order valence-electron chi connectivity index (χ4n) is 1.74. The van der Waals surface area contributed by atoms with Gasteiger partial charge in [-0.1, -0.05) is 18.2 Å². The van der Waals surface area contributed by atoms with Gasteiger partial charge in [0.2, 0.25) is 5.91 Å². The molecule has 0 aliphatic heterocycles. The summed E-state index contributed by atoms with van der Waals surface area (Å²) in [4.78, 5) is 15.8. The molecule has 0 atom stereocenters. The summed E-state index contributed by atoms with van der Waals surface area (Å²) in [5.74, 6) is -0.00977. The van der Waals surface area contributed by atoms with Crippen LogP contribution in [0.2, 0.25) is 0 Å². The number of anilines is 1. The molecule has 1 N–H and O–H groups in total. The molecule has 0 unspecified atom stereocenters. The predicted molar refractivity (Wildman–Crippen MR) is 72.5 cm³/mol. The summed E-state index contributed by atoms with van der Waals surface area (Å²) in [7, 11) is 0. The first-order valence-corrected chi connectivity index (χ1v) is 5.91. The second-order valence-electron chi connectivity index (χ2n) is 4.38. The third-order valence-corrected chi connectivity index (χ3v) is 2.90. The van der Waals surface area contributed by atoms with Crippen LogP contribution in [-0.2, 0) is 11.2 Å². The molecule has 1 heterocycles. The Bertz CT molecular complexity index is 550. The zero-order valence-electron chi connectivity index (χ0n) is 10.6. The second-order valence-corrected chi connectivity index (χ2v) is 4.38. The lowest BCUT2D eigenvalue weighted by Gasteiger charge is -2.06. The van der Waals surface area contributed by atoms with E-state index in [0.717, 1.165) is 11.3 Å². The molecule has 3 heteroatoms. The number of nitrogens with one attached hydrogen (secondary N) is 1. The number of amides is 1. The number of benzene rings is 1. The topological polar surface area (TPSA) is 42.0 Å². The van der Waals surface area contributed by atoms with Crippen molar-refractivity contribution in [3.05, 3.63) is 59.4 Å². The summed E-state index contributed by atoms with van der Waals surface area (Å²) in [6.07, 6.45) is 3.71. The maximum atomic E-state index is 11.8. The van der Waals surface area contributed by atoms with E-state index in [0.29, 0.717) is 6.42 Å². The maximum absolute atomic E-state index is 11.8. The summed E-state index contributed by atoms with van der Waals surface area (Å²) >= 11 is 0. The van der Waals surface area contributed by atoms with Crippen molar-refractivity contribution in [3.8, 4) is 0 Å². The summed E-state index contributed by atoms with van der Waals surface area (Å²) in [5, 5.41) is 2.85. The van der Waals surface area contributed by atoms with Gasteiger partial charge < -0.3 is 5.32 Å². The van der Waals surface area contributed by atoms with Crippen LogP contribution in [0.25, 0.3) is 0 Å². The van der Waals surface area contributed by atoms with Crippen molar-refractivity contribution in [2.24, 2.45) is 0 Å². The van der Waals surface area contributed by atoms with Crippen LogP contribution in [-0.4, -0.2) is 10.9 Å². The quantitative estimate of drug-likeness (QED) is 0.896. The number of aromatic nitrogens is 1. The van der Waals surface area contributed by atoms with Gasteiger partial charge in [0.05, 0.1) is 6.42 Å². The first kappa shape index (κ1) is 12.3. The van der Waals surface area contributed by atoms with Crippen LogP contribution in [0, 0.1) is 13.8 Å². The molecule has 3 nitrogen and oxygen atoms in total. The van der Waals surface area contributed by atoms with Crippen LogP contribution >= 0.6 is 0 Å². The van der Waals surface area contributed by atoms with Gasteiger partial charge in [0.1, 0.15) is 0 Å². The summed E-state index contributed by atoms with van der Waals surface area (Å²) < 4.78 is 0. The SMILES string of the molecule is Cc1ccc(CC(=O)Nc2ccncc2)cc1C. The monoisotopic (exact) mass is 240 g/mol. The molecule has 0 bridgehead atoms. The van der Waals surface area contributed by atoms with Gasteiger partial charge in [-0.25, -0.2) is 0 Å². The summed E-state index contributed by atoms with van der Waals surface area (Å²) in [6, 6.07) is 9.65. The minimum Gasteiger partial charge on any atom is -0.326 e. The van der Waals surface area contributed by atoms with Crippen LogP contribution in [0.5, 0.6) is 0 Å². The van der Waals surface area contributed by atoms with Crippen molar-refractivity contribution < 1.29 is 4.79 Å². The number of nitrogens with zero attached hydrogens (tertiary/aromatic N) is 1. The van der Waals surface area contributed by atoms with Crippen LogP contribution in [0.15, 0.2) is 42.7 Å². The molecule has 2 aromatic rings. The van der Waals surface area contributed by atoms with Gasteiger partial charge in [-0.3, -0.25) is 9.78 Å². The van der Waals surface area contributed by atoms with Crippen LogP contribution in [0.4, 0.5) is 5.69 Å². The number of hydrogen-bond donors (Lipinski definition) is 1. The van der Waals surface area contributed by atoms with E-state index >= 15 is 0 Å². The standard InChI is InChI=1S/C15H16N2O/c1-11-3-4-13(9-12(11)2)10-15(18)17-14-5-7-16-8-6-14/h3-9H,10H2,1-2H3,(H,16,17,18). The molecule has 0 fully saturated rings. The highest BCUT2D eigenvalue weighted by Gasteiger charge is 2.04. The highest BCUT2D eigenvalue weighted by molar-refractivity contribution is 5.92. The molecule has 1 amide bonds. The molecule has 2 rings (SSSR count). The molecule has 0 saturated heterocycles. The van der Waals surface area contributed by atoms with Crippen molar-refractivity contribution in [1.29, 1.82) is 0 Å². The van der Waals surface area contributed by atoms with E-state index in [1.807, 2.05) is 12.1 Å². The van der Waals surface area contributed by atoms with Crippen molar-refractivity contribution >= 4 is 11.6 Å². The van der Waals surface area contributed by atoms with Gasteiger partial charge >= 0.3 is 0 Å². The van der Waals surface area contributed by atoms with Gasteiger partial charge in [0, 0.05) is 18.1 Å². The molecule has 0 aliphatic rings. The van der Waals surface area contributed by atoms with Crippen molar-refractivity contribution in [1.82, 2.24) is 4.98 Å². The Morgan fingerprint density at radius 1 is 1.11 bits per heavy atom. The minimum absolute atomic E-state index is 0.00977. The third-order valence-electron chi connectivity index (χ3n) is 2.90. The lowest BCUT2D eigenvalue weighted by atomic mass is 10.0. The smallest absolute Gasteiger partial charge is 0.228 e. The maximum Gasteiger partial charge on any atom is 0.228 e. The minimum atomic E-state index is -0.00977. The molecule has 92 valence electrons. The zero-order valence-corrected chi connectivity index (χ0v) is 10.6. The number of carbonyl (C=O) groups excluding carboxylic acids is 1. The molecule has 18 heavy (non-hydrogen) atoms. The number of aryl methyl sites for hydroxylation is 2. The fraction of sp³-hybridized carbons (Fsp3) is 0.200. The second kappa shape index (κ2) is 5.45. The molecule has 0 spiro atoms. The van der Waals surface area contributed by atoms with E-state index in [9.17, 15) is 4.79 Å². The lowest BCUT2D eigenvalue weighted by molar-refractivity contribution is -0.115. The first-order valence-electron chi connectivity index (χ1n) is 5.91. The molecule has 0 aliphatic carbocycles. The van der Waals surface area contributed by atoms with Crippen molar-refractivity contribution in [2.75, 3.05) is 5.32 Å². The normalized spacial score (nSPS) is 10.1. The summed E-state index contributed by atoms with van der Waals surface area (Å²) in [5.41, 5.74) is 4.26. The Kier molecular flexibility index (Phi) is 3.72. The van der Waals surface area contributed by atoms with E-state index in [1.165, 1.54) is 11.1 Å². The molecular weight excluding hydrogens is 224 g/mol. The zero-order chi connectivity index (χ0) is 13.0. The van der Waals surface area contributed by atoms with Crippen molar-refractivity contribution in [3.63, 3.8) is 0 Å². The van der Waals surface area contributed by atoms with Crippen molar-refractivity contribution in [2.45, 2.75) is 20.3 Å². The fourth-order valence-corrected chi connectivity index (χ4v) is 1.74. The number of carbonyl (C=O) groups is 1. The van der Waals surface area contributed by atoms with E-state index in [1.54, 1.807) is 24.5 Å². The average molecular weight is 240 g/mol. The van der Waals surface area contributed by atoms with Gasteiger partial charge in [-0.05, 0) is 42.7 Å². The van der Waals surface area contributed by atoms with Gasteiger partial charge in [0.15, 0.2) is 0 Å². The highest BCUT2D eigenvalue weighted by atomic mass is 16.1. The van der Waals surface area contributed by atoms with Gasteiger partial charge in [-0.15, -0.1) is 0 Å². The predicted octanol–water partition coefficient (Wildman–Crippen LogP) is 2.88. The van der Waals surface area contributed by atoms with E-state index in [2.05, 4.69) is 30.2 Å². The molecule has 0 radical (unpaired) electrons. The average Bonchev–Trinajstić information content (AvgIpc) is 2.35. The number of pyridine rings is 1. The van der Waals surface area contributed by atoms with Gasteiger partial charge in [-0.2, -0.15) is 0 Å². The number of rotatable bonds is 3. The first-order chi connectivity index (χ1) is 8.65. The van der Waals surface area contributed by atoms with E-state index in [-0.39, 0.29) is 5.91 Å². The molecule has 1 aromatic heterocycles. The van der Waals surface area contributed by atoms with Crippen LogP contribution < -0.4 is 5.32 Å². The third kappa shape index (κ3) is 3.17. The Hall–Kier alpha value is -2.16. The Morgan fingerprint density at radius 2 is 1.83 bits per heavy atom. The van der Waals surface area contributed by atoms with E-state index in [4.69, 9.17) is 0 Å². The molecular formula is C15H16N2O. The van der Waals surface area contributed by atoms with Crippen LogP contribution in [0.3, 0.4) is 0 Å². The molecule has 0 saturated carbocycles. The van der Waals surface area contributed by atoms with E-state index < -0.39 is 0 Å². The largest absolute Gasteiger partial charge is 0.326 e. The Labute approximate surface area is 107 Å². The Balaban J connectivity index is 2.01. The van der Waals surface area contributed by atoms with Gasteiger partial charge in [0.25, 0.3) is 0 Å². The summed E-state index contributed by atoms with van der Waals surface area (Å²) in [6.45, 7) is 4.12. The van der Waals surface area contributed by atoms with Crippen LogP contribution in [0.1, 0.15) is 16.7 Å².